The maximum Gasteiger partial charge on any atom is 0.103 e. The molecule has 0 aromatic rings. The first-order valence-electron chi connectivity index (χ1n) is 3.01. The van der Waals surface area contributed by atoms with Gasteiger partial charge >= 0.3 is 0 Å². The van der Waals surface area contributed by atoms with Gasteiger partial charge in [-0.2, -0.15) is 0 Å². The number of hydrogen-bond donors (Lipinski definition) is 1. The quantitative estimate of drug-likeness (QED) is 0.492. The predicted octanol–water partition coefficient (Wildman–Crippen LogP) is 1.54. The van der Waals surface area contributed by atoms with E-state index < -0.39 is 0 Å². The lowest BCUT2D eigenvalue weighted by atomic mass is 10.0. The van der Waals surface area contributed by atoms with Crippen LogP contribution in [0.2, 0.25) is 0 Å². The monoisotopic (exact) mass is 132 g/mol. The first-order chi connectivity index (χ1) is 3.72. The highest BCUT2D eigenvalue weighted by molar-refractivity contribution is 7.80. The van der Waals surface area contributed by atoms with E-state index in [0.717, 1.165) is 6.61 Å². The summed E-state index contributed by atoms with van der Waals surface area (Å²) in [6.45, 7) is 5.26. The minimum atomic E-state index is 0.185. The zero-order chi connectivity index (χ0) is 6.15. The number of thiol groups is 1. The molecule has 0 spiro atoms. The second-order valence-corrected chi connectivity index (χ2v) is 3.07. The molecule has 1 fully saturated rings. The Hall–Kier alpha value is 0.310. The van der Waals surface area contributed by atoms with E-state index in [4.69, 9.17) is 4.74 Å². The van der Waals surface area contributed by atoms with E-state index in [0.29, 0.717) is 11.8 Å². The van der Waals surface area contributed by atoms with E-state index >= 15 is 0 Å². The Morgan fingerprint density at radius 2 is 2.12 bits per heavy atom. The largest absolute Gasteiger partial charge is 0.367 e. The molecule has 0 aliphatic carbocycles. The molecule has 0 aromatic heterocycles. The summed E-state index contributed by atoms with van der Waals surface area (Å²) in [6.07, 6.45) is 0. The highest BCUT2D eigenvalue weighted by Crippen LogP contribution is 2.27. The van der Waals surface area contributed by atoms with Gasteiger partial charge in [0.1, 0.15) is 5.44 Å². The van der Waals surface area contributed by atoms with Gasteiger partial charge in [-0.15, -0.1) is 12.6 Å². The van der Waals surface area contributed by atoms with Crippen molar-refractivity contribution in [3.63, 3.8) is 0 Å². The van der Waals surface area contributed by atoms with Gasteiger partial charge in [-0.05, 0) is 11.8 Å². The highest BCUT2D eigenvalue weighted by atomic mass is 32.1. The van der Waals surface area contributed by atoms with Gasteiger partial charge in [0.2, 0.25) is 0 Å². The van der Waals surface area contributed by atoms with Gasteiger partial charge in [0.25, 0.3) is 0 Å². The first kappa shape index (κ1) is 6.43. The Balaban J connectivity index is 2.44. The molecule has 0 bridgehead atoms. The van der Waals surface area contributed by atoms with E-state index in [-0.39, 0.29) is 5.44 Å². The van der Waals surface area contributed by atoms with Crippen molar-refractivity contribution in [3.8, 4) is 0 Å². The maximum absolute atomic E-state index is 5.24. The van der Waals surface area contributed by atoms with Crippen molar-refractivity contribution in [3.05, 3.63) is 0 Å². The molecule has 1 aliphatic rings. The van der Waals surface area contributed by atoms with Gasteiger partial charge in [0, 0.05) is 0 Å². The SMILES string of the molecule is CC1COC(S)C1C. The summed E-state index contributed by atoms with van der Waals surface area (Å²) < 4.78 is 5.24. The smallest absolute Gasteiger partial charge is 0.103 e. The number of rotatable bonds is 0. The molecule has 0 aromatic carbocycles. The molecule has 1 aliphatic heterocycles. The zero-order valence-corrected chi connectivity index (χ0v) is 6.19. The van der Waals surface area contributed by atoms with Crippen molar-refractivity contribution >= 4 is 12.6 Å². The van der Waals surface area contributed by atoms with Crippen LogP contribution in [0.4, 0.5) is 0 Å². The summed E-state index contributed by atoms with van der Waals surface area (Å²) in [7, 11) is 0. The average Bonchev–Trinajstić information content (AvgIpc) is 1.98. The van der Waals surface area contributed by atoms with Crippen LogP contribution in [0.15, 0.2) is 0 Å². The second kappa shape index (κ2) is 2.28. The van der Waals surface area contributed by atoms with Crippen molar-refractivity contribution in [1.29, 1.82) is 0 Å². The average molecular weight is 132 g/mol. The molecule has 0 radical (unpaired) electrons. The van der Waals surface area contributed by atoms with Crippen LogP contribution in [0.1, 0.15) is 13.8 Å². The molecule has 1 nitrogen and oxygen atoms in total. The van der Waals surface area contributed by atoms with Crippen LogP contribution in [-0.4, -0.2) is 12.0 Å². The molecule has 1 heterocycles. The molecular formula is C6H12OS. The van der Waals surface area contributed by atoms with E-state index in [2.05, 4.69) is 26.5 Å². The number of ether oxygens (including phenoxy) is 1. The molecular weight excluding hydrogens is 120 g/mol. The standard InChI is InChI=1S/C6H12OS/c1-4-3-7-6(8)5(4)2/h4-6,8H,3H2,1-2H3. The van der Waals surface area contributed by atoms with Gasteiger partial charge < -0.3 is 4.74 Å². The lowest BCUT2D eigenvalue weighted by Gasteiger charge is -2.08. The predicted molar refractivity (Wildman–Crippen MR) is 37.1 cm³/mol. The molecule has 0 amide bonds. The highest BCUT2D eigenvalue weighted by Gasteiger charge is 2.27. The molecule has 1 rings (SSSR count). The summed E-state index contributed by atoms with van der Waals surface area (Å²) in [4.78, 5) is 0. The zero-order valence-electron chi connectivity index (χ0n) is 5.29. The van der Waals surface area contributed by atoms with Gasteiger partial charge in [-0.1, -0.05) is 13.8 Å². The Morgan fingerprint density at radius 1 is 1.50 bits per heavy atom. The van der Waals surface area contributed by atoms with Crippen molar-refractivity contribution in [2.45, 2.75) is 19.3 Å². The lowest BCUT2D eigenvalue weighted by molar-refractivity contribution is 0.160. The first-order valence-corrected chi connectivity index (χ1v) is 3.53. The molecule has 2 heteroatoms. The molecule has 48 valence electrons. The summed E-state index contributed by atoms with van der Waals surface area (Å²) in [5, 5.41) is 0. The Labute approximate surface area is 55.8 Å². The Kier molecular flexibility index (Phi) is 1.83. The van der Waals surface area contributed by atoms with Crippen molar-refractivity contribution < 1.29 is 4.74 Å². The van der Waals surface area contributed by atoms with E-state index in [1.807, 2.05) is 0 Å². The van der Waals surface area contributed by atoms with E-state index in [1.54, 1.807) is 0 Å². The molecule has 0 saturated carbocycles. The lowest BCUT2D eigenvalue weighted by Crippen LogP contribution is -2.08. The normalized spacial score (nSPS) is 47.6. The fraction of sp³-hybridized carbons (Fsp3) is 1.00. The topological polar surface area (TPSA) is 9.23 Å². The summed E-state index contributed by atoms with van der Waals surface area (Å²) in [6, 6.07) is 0. The fourth-order valence-corrected chi connectivity index (χ4v) is 1.21. The molecule has 8 heavy (non-hydrogen) atoms. The van der Waals surface area contributed by atoms with Crippen molar-refractivity contribution in [2.75, 3.05) is 6.61 Å². The molecule has 1 saturated heterocycles. The van der Waals surface area contributed by atoms with E-state index in [9.17, 15) is 0 Å². The van der Waals surface area contributed by atoms with Crippen LogP contribution in [0.5, 0.6) is 0 Å². The Bertz CT molecular complexity index is 74.6. The van der Waals surface area contributed by atoms with Gasteiger partial charge in [0.05, 0.1) is 6.61 Å². The molecule has 3 atom stereocenters. The van der Waals surface area contributed by atoms with Gasteiger partial charge in [-0.3, -0.25) is 0 Å². The number of hydrogen-bond acceptors (Lipinski definition) is 2. The van der Waals surface area contributed by atoms with Gasteiger partial charge in [0.15, 0.2) is 0 Å². The fourth-order valence-electron chi connectivity index (χ4n) is 0.835. The summed E-state index contributed by atoms with van der Waals surface area (Å²) >= 11 is 4.22. The minimum Gasteiger partial charge on any atom is -0.367 e. The van der Waals surface area contributed by atoms with Crippen LogP contribution in [0, 0.1) is 11.8 Å². The Morgan fingerprint density at radius 3 is 2.25 bits per heavy atom. The van der Waals surface area contributed by atoms with E-state index in [1.165, 1.54) is 0 Å². The van der Waals surface area contributed by atoms with Crippen LogP contribution >= 0.6 is 12.6 Å². The third kappa shape index (κ3) is 1.00. The summed E-state index contributed by atoms with van der Waals surface area (Å²) in [5.74, 6) is 1.32. The van der Waals surface area contributed by atoms with Crippen LogP contribution in [0.3, 0.4) is 0 Å². The van der Waals surface area contributed by atoms with Crippen LogP contribution in [0.25, 0.3) is 0 Å². The van der Waals surface area contributed by atoms with Crippen LogP contribution in [-0.2, 0) is 4.74 Å². The summed E-state index contributed by atoms with van der Waals surface area (Å²) in [5.41, 5.74) is 0.185. The molecule has 0 N–H and O–H groups in total. The third-order valence-corrected chi connectivity index (χ3v) is 2.50. The maximum atomic E-state index is 5.24. The van der Waals surface area contributed by atoms with Crippen LogP contribution < -0.4 is 0 Å². The molecule has 3 unspecified atom stereocenters. The van der Waals surface area contributed by atoms with Crippen molar-refractivity contribution in [1.82, 2.24) is 0 Å². The van der Waals surface area contributed by atoms with Gasteiger partial charge in [-0.25, -0.2) is 0 Å². The third-order valence-electron chi connectivity index (χ3n) is 1.88. The second-order valence-electron chi connectivity index (χ2n) is 2.56. The van der Waals surface area contributed by atoms with Crippen molar-refractivity contribution in [2.24, 2.45) is 11.8 Å². The minimum absolute atomic E-state index is 0.185.